The van der Waals surface area contributed by atoms with Gasteiger partial charge in [0.25, 0.3) is 6.47 Å². The number of benzene rings is 4. The molecule has 4 N–H and O–H groups in total. The maximum absolute atomic E-state index is 11.9. The summed E-state index contributed by atoms with van der Waals surface area (Å²) in [7, 11) is 1.63. The Kier molecular flexibility index (Phi) is 19.4. The van der Waals surface area contributed by atoms with Gasteiger partial charge in [-0.2, -0.15) is 0 Å². The third-order valence-corrected chi connectivity index (χ3v) is 10.6. The lowest BCUT2D eigenvalue weighted by molar-refractivity contribution is -0.122. The van der Waals surface area contributed by atoms with Gasteiger partial charge in [-0.25, -0.2) is 9.59 Å². The molecule has 4 aromatic carbocycles. The molecule has 2 aliphatic heterocycles. The molecule has 7 rings (SSSR count). The van der Waals surface area contributed by atoms with E-state index in [-0.39, 0.29) is 39.2 Å². The van der Waals surface area contributed by atoms with E-state index in [9.17, 15) is 9.59 Å². The van der Waals surface area contributed by atoms with Gasteiger partial charge in [-0.1, -0.05) is 46.7 Å². The number of anilines is 5. The lowest BCUT2D eigenvalue weighted by Crippen LogP contribution is -2.46. The van der Waals surface area contributed by atoms with E-state index in [2.05, 4.69) is 140 Å². The van der Waals surface area contributed by atoms with Crippen molar-refractivity contribution < 1.29 is 19.4 Å². The van der Waals surface area contributed by atoms with E-state index in [0.29, 0.717) is 6.54 Å². The molecule has 2 saturated heterocycles. The number of piperazine rings is 2. The minimum Gasteiger partial charge on any atom is -0.483 e. The molecular weight excluding hydrogens is 868 g/mol. The van der Waals surface area contributed by atoms with Crippen molar-refractivity contribution >= 4 is 72.8 Å². The fourth-order valence-electron chi connectivity index (χ4n) is 6.35. The van der Waals surface area contributed by atoms with Gasteiger partial charge in [-0.3, -0.25) is 9.36 Å². The van der Waals surface area contributed by atoms with Crippen LogP contribution in [0, 0.1) is 0 Å². The predicted octanol–water partition coefficient (Wildman–Crippen LogP) is 8.16. The summed E-state index contributed by atoms with van der Waals surface area (Å²) in [5.41, 5.74) is 6.44. The molecule has 3 heterocycles. The SMILES string of the molecule is C.C.COC(C)CNC(=O)Nc1ccc(N2CCN(c3ccc(Br)cc3)CC2)cc1.O=CO.O=c1[nH]ccn1-c1ccc(N2CCN(c3ccc(Br)cc3)CC2)cc1. The topological polar surface area (TPSA) is 138 Å². The standard InChI is InChI=1S/C21H27BrN4O2.C19H19BrN4O.CH2O2.2CH4/c1-16(28-2)15-23-21(27)24-18-5-9-20(10-6-18)26-13-11-25(12-14-26)19-7-3-17(22)4-8-19;20-15-1-3-16(4-2-15)22-11-13-23(14-12-22)17-5-7-18(8-6-17)24-10-9-21-19(24)25;2-1-3;;/h3-10,16H,11-15H2,1-2H3,(H2,23,24,27);1-10H,11-14H2,(H,21,25);1H,(H,2,3);2*1H4. The smallest absolute Gasteiger partial charge is 0.330 e. The summed E-state index contributed by atoms with van der Waals surface area (Å²) in [6.07, 6.45) is 3.38. The Labute approximate surface area is 358 Å². The molecule has 1 aromatic heterocycles. The number of imidazole rings is 1. The molecule has 1 unspecified atom stereocenters. The fourth-order valence-corrected chi connectivity index (χ4v) is 6.88. The molecule has 2 amide bonds. The lowest BCUT2D eigenvalue weighted by atomic mass is 10.2. The number of nitrogens with one attached hydrogen (secondary N) is 3. The number of urea groups is 1. The number of hydrogen-bond acceptors (Lipinski definition) is 8. The van der Waals surface area contributed by atoms with Gasteiger partial charge < -0.3 is 45.1 Å². The van der Waals surface area contributed by atoms with E-state index < -0.39 is 0 Å². The number of aromatic amines is 1. The molecule has 1 atom stereocenters. The number of halogens is 2. The second kappa shape index (κ2) is 23.9. The molecule has 0 radical (unpaired) electrons. The summed E-state index contributed by atoms with van der Waals surface area (Å²) in [5, 5.41) is 12.5. The van der Waals surface area contributed by atoms with Gasteiger partial charge in [-0.05, 0) is 104 Å². The molecule has 15 heteroatoms. The van der Waals surface area contributed by atoms with Gasteiger partial charge in [-0.15, -0.1) is 0 Å². The number of amides is 2. The average Bonchev–Trinajstić information content (AvgIpc) is 3.67. The van der Waals surface area contributed by atoms with Crippen LogP contribution in [0.15, 0.2) is 123 Å². The van der Waals surface area contributed by atoms with E-state index in [0.717, 1.165) is 72.7 Å². The summed E-state index contributed by atoms with van der Waals surface area (Å²) in [5.74, 6) is 0. The molecule has 58 heavy (non-hydrogen) atoms. The molecule has 0 aliphatic carbocycles. The number of carbonyl (C=O) groups excluding carboxylic acids is 1. The van der Waals surface area contributed by atoms with Crippen LogP contribution in [0.1, 0.15) is 21.8 Å². The van der Waals surface area contributed by atoms with E-state index in [1.165, 1.54) is 22.7 Å². The molecule has 0 spiro atoms. The molecule has 2 fully saturated rings. The van der Waals surface area contributed by atoms with Gasteiger partial charge in [0, 0.05) is 116 Å². The molecule has 0 bridgehead atoms. The summed E-state index contributed by atoms with van der Waals surface area (Å²) in [6.45, 7) is 10.0. The number of carboxylic acid groups (broad SMARTS) is 1. The molecule has 0 saturated carbocycles. The van der Waals surface area contributed by atoms with Crippen LogP contribution in [0.2, 0.25) is 0 Å². The first kappa shape index (κ1) is 47.1. The number of rotatable bonds is 9. The van der Waals surface area contributed by atoms with Crippen LogP contribution in [-0.2, 0) is 9.53 Å². The van der Waals surface area contributed by atoms with E-state index >= 15 is 0 Å². The number of nitrogens with zero attached hydrogens (tertiary/aromatic N) is 5. The van der Waals surface area contributed by atoms with Gasteiger partial charge in [0.15, 0.2) is 0 Å². The normalized spacial score (nSPS) is 13.9. The zero-order valence-corrected chi connectivity index (χ0v) is 34.7. The van der Waals surface area contributed by atoms with E-state index in [1.54, 1.807) is 24.1 Å². The first-order valence-electron chi connectivity index (χ1n) is 18.3. The van der Waals surface area contributed by atoms with Crippen molar-refractivity contribution in [3.05, 3.63) is 129 Å². The highest BCUT2D eigenvalue weighted by molar-refractivity contribution is 9.10. The van der Waals surface area contributed by atoms with Crippen molar-refractivity contribution in [2.75, 3.05) is 90.9 Å². The Morgan fingerprint density at radius 3 is 1.40 bits per heavy atom. The molecule has 13 nitrogen and oxygen atoms in total. The number of ether oxygens (including phenoxy) is 1. The Bertz CT molecular complexity index is 1990. The van der Waals surface area contributed by atoms with Crippen LogP contribution in [0.4, 0.5) is 33.2 Å². The molecule has 312 valence electrons. The number of aromatic nitrogens is 2. The third kappa shape index (κ3) is 13.7. The fraction of sp³-hybridized carbons (Fsp3) is 0.326. The summed E-state index contributed by atoms with van der Waals surface area (Å²) in [4.78, 5) is 44.2. The van der Waals surface area contributed by atoms with Crippen LogP contribution in [0.3, 0.4) is 0 Å². The van der Waals surface area contributed by atoms with Crippen LogP contribution < -0.4 is 35.9 Å². The van der Waals surface area contributed by atoms with Crippen molar-refractivity contribution in [1.82, 2.24) is 14.9 Å². The third-order valence-electron chi connectivity index (χ3n) is 9.53. The zero-order valence-electron chi connectivity index (χ0n) is 31.5. The van der Waals surface area contributed by atoms with Gasteiger partial charge in [0.1, 0.15) is 0 Å². The highest BCUT2D eigenvalue weighted by atomic mass is 79.9. The molecular formula is C43H56Br2N8O5. The number of hydrogen-bond donors (Lipinski definition) is 4. The summed E-state index contributed by atoms with van der Waals surface area (Å²) >= 11 is 6.97. The molecule has 5 aromatic rings. The quantitative estimate of drug-likeness (QED) is 0.108. The van der Waals surface area contributed by atoms with Crippen molar-refractivity contribution in [1.29, 1.82) is 0 Å². The minimum absolute atomic E-state index is 0. The first-order valence-corrected chi connectivity index (χ1v) is 19.9. The number of carbonyl (C=O) groups is 2. The number of H-pyrrole nitrogens is 1. The Balaban J connectivity index is 0.000000283. The Morgan fingerprint density at radius 1 is 0.707 bits per heavy atom. The largest absolute Gasteiger partial charge is 0.483 e. The average molecular weight is 925 g/mol. The van der Waals surface area contributed by atoms with Crippen LogP contribution >= 0.6 is 31.9 Å². The van der Waals surface area contributed by atoms with Gasteiger partial charge >= 0.3 is 11.7 Å². The van der Waals surface area contributed by atoms with E-state index in [1.807, 2.05) is 31.2 Å². The van der Waals surface area contributed by atoms with E-state index in [4.69, 9.17) is 14.6 Å². The van der Waals surface area contributed by atoms with Crippen molar-refractivity contribution in [2.24, 2.45) is 0 Å². The maximum atomic E-state index is 11.9. The van der Waals surface area contributed by atoms with Crippen molar-refractivity contribution in [3.63, 3.8) is 0 Å². The Morgan fingerprint density at radius 2 is 1.05 bits per heavy atom. The number of methoxy groups -OCH3 is 1. The van der Waals surface area contributed by atoms with Crippen molar-refractivity contribution in [3.8, 4) is 5.69 Å². The second-order valence-electron chi connectivity index (χ2n) is 13.1. The van der Waals surface area contributed by atoms with Gasteiger partial charge in [0.05, 0.1) is 11.8 Å². The summed E-state index contributed by atoms with van der Waals surface area (Å²) in [6, 6.07) is 32.9. The molecule has 2 aliphatic rings. The highest BCUT2D eigenvalue weighted by Crippen LogP contribution is 2.25. The van der Waals surface area contributed by atoms with Gasteiger partial charge in [0.2, 0.25) is 0 Å². The lowest BCUT2D eigenvalue weighted by Gasteiger charge is -2.37. The monoisotopic (exact) mass is 922 g/mol. The Hall–Kier alpha value is -5.25. The van der Waals surface area contributed by atoms with Crippen LogP contribution in [-0.4, -0.2) is 99.3 Å². The zero-order chi connectivity index (χ0) is 39.9. The predicted molar refractivity (Wildman–Crippen MR) is 246 cm³/mol. The van der Waals surface area contributed by atoms with Crippen LogP contribution in [0.25, 0.3) is 5.69 Å². The maximum Gasteiger partial charge on any atom is 0.330 e. The summed E-state index contributed by atoms with van der Waals surface area (Å²) < 4.78 is 8.94. The first-order chi connectivity index (χ1) is 27.2. The highest BCUT2D eigenvalue weighted by Gasteiger charge is 2.19. The second-order valence-corrected chi connectivity index (χ2v) is 14.9. The van der Waals surface area contributed by atoms with Crippen molar-refractivity contribution in [2.45, 2.75) is 27.9 Å². The van der Waals surface area contributed by atoms with Crippen LogP contribution in [0.5, 0.6) is 0 Å². The minimum atomic E-state index is -0.250.